The lowest BCUT2D eigenvalue weighted by molar-refractivity contribution is -0.274. The molecule has 1 amide bonds. The molecule has 0 spiro atoms. The molecular weight excluding hydrogens is 646 g/mol. The van der Waals surface area contributed by atoms with Crippen molar-refractivity contribution in [3.05, 3.63) is 95.8 Å². The first-order chi connectivity index (χ1) is 22.4. The Morgan fingerprint density at radius 3 is 2.62 bits per heavy atom. The molecule has 2 heterocycles. The molecule has 47 heavy (non-hydrogen) atoms. The Bertz CT molecular complexity index is 1820. The third kappa shape index (κ3) is 8.86. The van der Waals surface area contributed by atoms with E-state index in [1.807, 2.05) is 56.3 Å². The smallest absolute Gasteiger partial charge is 0.406 e. The summed E-state index contributed by atoms with van der Waals surface area (Å²) in [5.74, 6) is 0.702. The number of rotatable bonds is 9. The molecule has 1 aliphatic rings. The van der Waals surface area contributed by atoms with E-state index < -0.39 is 6.36 Å². The molecule has 4 aromatic rings. The number of aryl methyl sites for hydroxylation is 1. The van der Waals surface area contributed by atoms with Gasteiger partial charge in [-0.3, -0.25) is 9.69 Å². The van der Waals surface area contributed by atoms with E-state index >= 15 is 0 Å². The number of halogens is 3. The van der Waals surface area contributed by atoms with Gasteiger partial charge in [-0.1, -0.05) is 68.1 Å². The van der Waals surface area contributed by atoms with Gasteiger partial charge >= 0.3 is 6.36 Å². The molecule has 1 N–H and O–H groups in total. The van der Waals surface area contributed by atoms with Crippen LogP contribution in [0.5, 0.6) is 5.75 Å². The molecule has 1 fully saturated rings. The second-order valence-corrected chi connectivity index (χ2v) is 12.6. The van der Waals surface area contributed by atoms with Crippen molar-refractivity contribution in [2.75, 3.05) is 10.7 Å². The monoisotopic (exact) mass is 678 g/mol. The van der Waals surface area contributed by atoms with Crippen molar-refractivity contribution in [3.63, 3.8) is 0 Å². The standard InChI is InChI=1S/C34H33F3N6O2S2/c1-21(2)28-16-11-22(3)17-29(28)43-30(44)19-47-33(43)40-32(46)39-23(4)7-5-8-24-9-6-10-25(18-24)31-38-20-42(41-31)26-12-14-27(15-13-26)45-34(35,36)37/h5-6,8-18,20-21,23H,7,19H2,1-4H3,(H,39,46)/b8-5-,40-33?. The van der Waals surface area contributed by atoms with E-state index in [1.54, 1.807) is 4.90 Å². The molecule has 0 radical (unpaired) electrons. The van der Waals surface area contributed by atoms with Crippen LogP contribution in [0, 0.1) is 6.92 Å². The number of thiocarbonyl (C=S) groups is 1. The van der Waals surface area contributed by atoms with Crippen molar-refractivity contribution in [2.45, 2.75) is 52.4 Å². The van der Waals surface area contributed by atoms with Gasteiger partial charge in [-0.15, -0.1) is 18.3 Å². The van der Waals surface area contributed by atoms with Crippen LogP contribution in [0.3, 0.4) is 0 Å². The topological polar surface area (TPSA) is 84.6 Å². The average Bonchev–Trinajstić information content (AvgIpc) is 3.64. The van der Waals surface area contributed by atoms with E-state index in [0.717, 1.165) is 27.9 Å². The van der Waals surface area contributed by atoms with Gasteiger partial charge in [0.15, 0.2) is 16.1 Å². The van der Waals surface area contributed by atoms with Crippen LogP contribution < -0.4 is 15.0 Å². The molecule has 1 saturated heterocycles. The molecule has 8 nitrogen and oxygen atoms in total. The number of nitrogens with zero attached hydrogens (tertiary/aromatic N) is 5. The van der Waals surface area contributed by atoms with Gasteiger partial charge in [0.1, 0.15) is 12.1 Å². The number of hydrogen-bond acceptors (Lipinski definition) is 6. The molecule has 5 rings (SSSR count). The van der Waals surface area contributed by atoms with Gasteiger partial charge in [-0.05, 0) is 91.5 Å². The van der Waals surface area contributed by atoms with Crippen LogP contribution in [0.1, 0.15) is 49.8 Å². The third-order valence-corrected chi connectivity index (χ3v) is 8.29. The molecule has 1 atom stereocenters. The first-order valence-electron chi connectivity index (χ1n) is 14.9. The number of alkyl halides is 3. The number of aliphatic imine (C=N–C) groups is 1. The molecule has 244 valence electrons. The normalized spacial score (nSPS) is 15.2. The molecule has 13 heteroatoms. The first kappa shape index (κ1) is 33.9. The summed E-state index contributed by atoms with van der Waals surface area (Å²) in [6, 6.07) is 19.2. The number of amidine groups is 1. The van der Waals surface area contributed by atoms with Crippen LogP contribution in [0.15, 0.2) is 84.1 Å². The number of nitrogens with one attached hydrogen (secondary N) is 1. The second kappa shape index (κ2) is 14.5. The number of carbonyl (C=O) groups excluding carboxylic acids is 1. The molecule has 0 saturated carbocycles. The van der Waals surface area contributed by atoms with Crippen molar-refractivity contribution in [3.8, 4) is 22.8 Å². The maximum Gasteiger partial charge on any atom is 0.573 e. The van der Waals surface area contributed by atoms with Gasteiger partial charge in [0.05, 0.1) is 17.1 Å². The number of carbonyl (C=O) groups is 1. The average molecular weight is 679 g/mol. The Morgan fingerprint density at radius 1 is 1.13 bits per heavy atom. The number of amides is 1. The highest BCUT2D eigenvalue weighted by Crippen LogP contribution is 2.34. The highest BCUT2D eigenvalue weighted by Gasteiger charge is 2.32. The zero-order valence-corrected chi connectivity index (χ0v) is 27.8. The lowest BCUT2D eigenvalue weighted by Crippen LogP contribution is -2.34. The van der Waals surface area contributed by atoms with Crippen molar-refractivity contribution in [1.82, 2.24) is 20.1 Å². The summed E-state index contributed by atoms with van der Waals surface area (Å²) in [5.41, 5.74) is 5.27. The predicted octanol–water partition coefficient (Wildman–Crippen LogP) is 8.07. The number of anilines is 1. The van der Waals surface area contributed by atoms with Gasteiger partial charge < -0.3 is 10.1 Å². The number of benzene rings is 3. The van der Waals surface area contributed by atoms with Crippen LogP contribution in [-0.2, 0) is 4.79 Å². The Labute approximate surface area is 280 Å². The summed E-state index contributed by atoms with van der Waals surface area (Å²) >= 11 is 6.94. The van der Waals surface area contributed by atoms with Gasteiger partial charge in [-0.2, -0.15) is 4.99 Å². The lowest BCUT2D eigenvalue weighted by atomic mass is 9.99. The summed E-state index contributed by atoms with van der Waals surface area (Å²) in [5, 5.41) is 8.63. The van der Waals surface area contributed by atoms with Gasteiger partial charge in [0, 0.05) is 11.6 Å². The minimum atomic E-state index is -4.75. The van der Waals surface area contributed by atoms with Crippen LogP contribution in [0.4, 0.5) is 18.9 Å². The van der Waals surface area contributed by atoms with Crippen molar-refractivity contribution in [1.29, 1.82) is 0 Å². The molecule has 1 unspecified atom stereocenters. The Morgan fingerprint density at radius 2 is 1.89 bits per heavy atom. The van der Waals surface area contributed by atoms with Crippen LogP contribution in [-0.4, -0.2) is 49.1 Å². The van der Waals surface area contributed by atoms with E-state index in [0.29, 0.717) is 34.0 Å². The fourth-order valence-corrected chi connectivity index (χ4v) is 6.13. The molecular formula is C34H33F3N6O2S2. The maximum absolute atomic E-state index is 12.9. The van der Waals surface area contributed by atoms with Crippen molar-refractivity contribution in [2.24, 2.45) is 4.99 Å². The van der Waals surface area contributed by atoms with Crippen LogP contribution >= 0.6 is 24.0 Å². The molecule has 1 aliphatic heterocycles. The highest BCUT2D eigenvalue weighted by molar-refractivity contribution is 8.15. The Hall–Kier alpha value is -4.49. The number of thioether (sulfide) groups is 1. The third-order valence-electron chi connectivity index (χ3n) is 7.15. The minimum Gasteiger partial charge on any atom is -0.406 e. The van der Waals surface area contributed by atoms with E-state index in [-0.39, 0.29) is 23.6 Å². The molecule has 0 aliphatic carbocycles. The SMILES string of the molecule is Cc1ccc(C(C)C)c(N2C(=O)CSC2=NC(=S)NC(C)C/C=C\c2cccc(-c3ncn(-c4ccc(OC(F)(F)F)cc4)n3)c2)c1. The van der Waals surface area contributed by atoms with Crippen LogP contribution in [0.25, 0.3) is 23.2 Å². The fraction of sp³-hybridized carbons (Fsp3) is 0.265. The lowest BCUT2D eigenvalue weighted by Gasteiger charge is -2.22. The highest BCUT2D eigenvalue weighted by atomic mass is 32.2. The van der Waals surface area contributed by atoms with E-state index in [1.165, 1.54) is 47.0 Å². The number of hydrogen-bond donors (Lipinski definition) is 1. The fourth-order valence-electron chi connectivity index (χ4n) is 4.92. The van der Waals surface area contributed by atoms with Crippen molar-refractivity contribution < 1.29 is 22.7 Å². The summed E-state index contributed by atoms with van der Waals surface area (Å²) in [6.45, 7) is 8.22. The summed E-state index contributed by atoms with van der Waals surface area (Å²) in [6.07, 6.45) is 1.44. The largest absolute Gasteiger partial charge is 0.573 e. The zero-order valence-electron chi connectivity index (χ0n) is 26.2. The summed E-state index contributed by atoms with van der Waals surface area (Å²) in [4.78, 5) is 23.6. The number of ether oxygens (including phenoxy) is 1. The number of aromatic nitrogens is 3. The van der Waals surface area contributed by atoms with E-state index in [9.17, 15) is 18.0 Å². The second-order valence-electron chi connectivity index (χ2n) is 11.3. The molecule has 0 bridgehead atoms. The quantitative estimate of drug-likeness (QED) is 0.179. The Kier molecular flexibility index (Phi) is 10.5. The summed E-state index contributed by atoms with van der Waals surface area (Å²) in [7, 11) is 0. The minimum absolute atomic E-state index is 0.0159. The van der Waals surface area contributed by atoms with Gasteiger partial charge in [-0.25, -0.2) is 9.67 Å². The van der Waals surface area contributed by atoms with E-state index in [4.69, 9.17) is 12.2 Å². The van der Waals surface area contributed by atoms with Crippen molar-refractivity contribution >= 4 is 51.9 Å². The summed E-state index contributed by atoms with van der Waals surface area (Å²) < 4.78 is 42.8. The first-order valence-corrected chi connectivity index (χ1v) is 16.3. The Balaban J connectivity index is 1.19. The molecule has 1 aromatic heterocycles. The van der Waals surface area contributed by atoms with Gasteiger partial charge in [0.2, 0.25) is 5.91 Å². The zero-order chi connectivity index (χ0) is 33.7. The molecule has 3 aromatic carbocycles. The predicted molar refractivity (Wildman–Crippen MR) is 185 cm³/mol. The van der Waals surface area contributed by atoms with Crippen LogP contribution in [0.2, 0.25) is 0 Å². The van der Waals surface area contributed by atoms with Gasteiger partial charge in [0.25, 0.3) is 0 Å². The van der Waals surface area contributed by atoms with E-state index in [2.05, 4.69) is 51.1 Å². The maximum atomic E-state index is 12.9.